The van der Waals surface area contributed by atoms with Crippen molar-refractivity contribution in [2.24, 2.45) is 0 Å². The number of carbonyl (C=O) groups is 2. The molecule has 32 heavy (non-hydrogen) atoms. The molecular weight excluding hydrogens is 433 g/mol. The third kappa shape index (κ3) is 4.85. The monoisotopic (exact) mass is 457 g/mol. The van der Waals surface area contributed by atoms with Crippen LogP contribution >= 0.6 is 11.6 Å². The van der Waals surface area contributed by atoms with Crippen molar-refractivity contribution in [1.29, 1.82) is 0 Å². The minimum Gasteiger partial charge on any atom is -0.357 e. The van der Waals surface area contributed by atoms with Gasteiger partial charge in [-0.25, -0.2) is 14.2 Å². The van der Waals surface area contributed by atoms with E-state index in [1.165, 1.54) is 12.1 Å². The number of carbonyl (C=O) groups excluding carboxylic acids is 2. The lowest BCUT2D eigenvalue weighted by atomic mass is 10.0. The molecule has 0 unspecified atom stereocenters. The maximum absolute atomic E-state index is 13.1. The number of piperidine rings is 1. The molecule has 168 valence electrons. The van der Waals surface area contributed by atoms with Crippen molar-refractivity contribution in [1.82, 2.24) is 25.1 Å². The minimum absolute atomic E-state index is 0.0975. The van der Waals surface area contributed by atoms with Crippen molar-refractivity contribution < 1.29 is 14.0 Å². The third-order valence-corrected chi connectivity index (χ3v) is 5.98. The zero-order valence-corrected chi connectivity index (χ0v) is 18.5. The zero-order valence-electron chi connectivity index (χ0n) is 17.8. The van der Waals surface area contributed by atoms with E-state index in [2.05, 4.69) is 15.3 Å². The molecule has 7 nitrogen and oxygen atoms in total. The van der Waals surface area contributed by atoms with E-state index >= 15 is 0 Å². The summed E-state index contributed by atoms with van der Waals surface area (Å²) in [6.07, 6.45) is 2.63. The Hall–Kier alpha value is -3.13. The fraction of sp³-hybridized carbons (Fsp3) is 0.348. The summed E-state index contributed by atoms with van der Waals surface area (Å²) >= 11 is 6.04. The number of halogens is 2. The number of aromatic nitrogens is 2. The third-order valence-electron chi connectivity index (χ3n) is 5.74. The molecule has 0 radical (unpaired) electrons. The second kappa shape index (κ2) is 9.56. The van der Waals surface area contributed by atoms with Crippen LogP contribution in [-0.2, 0) is 6.54 Å². The van der Waals surface area contributed by atoms with E-state index in [4.69, 9.17) is 11.6 Å². The molecule has 3 amide bonds. The highest BCUT2D eigenvalue weighted by Gasteiger charge is 2.30. The zero-order chi connectivity index (χ0) is 22.7. The SMILES string of the molecule is CCN(C(=O)NCc1cc2cc(Cl)ccc2[nH]1)[C@@H]1CCCN(C(=O)c2ccc(F)cn2)C1. The molecule has 0 spiro atoms. The van der Waals surface area contributed by atoms with Crippen molar-refractivity contribution in [3.8, 4) is 0 Å². The lowest BCUT2D eigenvalue weighted by Crippen LogP contribution is -2.54. The quantitative estimate of drug-likeness (QED) is 0.602. The normalized spacial score (nSPS) is 16.2. The molecular formula is C23H25ClFN5O2. The molecule has 1 aliphatic heterocycles. The highest BCUT2D eigenvalue weighted by molar-refractivity contribution is 6.31. The van der Waals surface area contributed by atoms with Gasteiger partial charge in [0.2, 0.25) is 0 Å². The predicted octanol–water partition coefficient (Wildman–Crippen LogP) is 4.19. The lowest BCUT2D eigenvalue weighted by molar-refractivity contribution is 0.0613. The number of nitrogens with zero attached hydrogens (tertiary/aromatic N) is 3. The molecule has 0 bridgehead atoms. The standard InChI is InChI=1S/C23H25ClFN5O2/c1-2-30(23(32)27-13-18-11-15-10-16(24)5-7-20(15)28-18)19-4-3-9-29(14-19)22(31)21-8-6-17(25)12-26-21/h5-8,10-12,19,28H,2-4,9,13-14H2,1H3,(H,27,32)/t19-/m1/s1. The van der Waals surface area contributed by atoms with Gasteiger partial charge in [-0.2, -0.15) is 0 Å². The molecule has 3 heterocycles. The Kier molecular flexibility index (Phi) is 6.60. The summed E-state index contributed by atoms with van der Waals surface area (Å²) in [7, 11) is 0. The highest BCUT2D eigenvalue weighted by Crippen LogP contribution is 2.21. The van der Waals surface area contributed by atoms with Gasteiger partial charge in [0.1, 0.15) is 11.5 Å². The Morgan fingerprint density at radius 3 is 2.91 bits per heavy atom. The van der Waals surface area contributed by atoms with Crippen LogP contribution in [0.2, 0.25) is 5.02 Å². The van der Waals surface area contributed by atoms with Crippen molar-refractivity contribution in [2.45, 2.75) is 32.4 Å². The summed E-state index contributed by atoms with van der Waals surface area (Å²) in [5.74, 6) is -0.729. The van der Waals surface area contributed by atoms with E-state index in [9.17, 15) is 14.0 Å². The molecule has 9 heteroatoms. The smallest absolute Gasteiger partial charge is 0.318 e. The van der Waals surface area contributed by atoms with Crippen LogP contribution in [0.1, 0.15) is 35.9 Å². The van der Waals surface area contributed by atoms with Gasteiger partial charge in [0.15, 0.2) is 0 Å². The number of fused-ring (bicyclic) bond motifs is 1. The van der Waals surface area contributed by atoms with E-state index in [1.807, 2.05) is 31.2 Å². The second-order valence-corrected chi connectivity index (χ2v) is 8.32. The predicted molar refractivity (Wildman–Crippen MR) is 121 cm³/mol. The number of rotatable bonds is 5. The van der Waals surface area contributed by atoms with E-state index in [1.54, 1.807) is 9.80 Å². The Labute approximate surface area is 190 Å². The van der Waals surface area contributed by atoms with Crippen LogP contribution in [0.15, 0.2) is 42.6 Å². The van der Waals surface area contributed by atoms with Crippen LogP contribution in [0.25, 0.3) is 10.9 Å². The summed E-state index contributed by atoms with van der Waals surface area (Å²) < 4.78 is 13.1. The van der Waals surface area contributed by atoms with Gasteiger partial charge >= 0.3 is 6.03 Å². The Balaban J connectivity index is 1.38. The Morgan fingerprint density at radius 2 is 2.16 bits per heavy atom. The molecule has 1 aliphatic rings. The first-order valence-electron chi connectivity index (χ1n) is 10.7. The van der Waals surface area contributed by atoms with Crippen molar-refractivity contribution >= 4 is 34.4 Å². The van der Waals surface area contributed by atoms with Gasteiger partial charge in [0.05, 0.1) is 18.8 Å². The van der Waals surface area contributed by atoms with Crippen LogP contribution < -0.4 is 5.32 Å². The van der Waals surface area contributed by atoms with Gasteiger partial charge in [-0.3, -0.25) is 4.79 Å². The van der Waals surface area contributed by atoms with Crippen LogP contribution in [0, 0.1) is 5.82 Å². The van der Waals surface area contributed by atoms with Gasteiger partial charge in [-0.15, -0.1) is 0 Å². The first kappa shape index (κ1) is 22.1. The van der Waals surface area contributed by atoms with E-state index in [0.717, 1.165) is 35.6 Å². The number of H-pyrrole nitrogens is 1. The first-order chi connectivity index (χ1) is 15.4. The Morgan fingerprint density at radius 1 is 1.31 bits per heavy atom. The highest BCUT2D eigenvalue weighted by atomic mass is 35.5. The summed E-state index contributed by atoms with van der Waals surface area (Å²) in [5, 5.41) is 4.62. The summed E-state index contributed by atoms with van der Waals surface area (Å²) in [4.78, 5) is 36.3. The molecule has 0 aliphatic carbocycles. The molecule has 0 saturated carbocycles. The van der Waals surface area contributed by atoms with Crippen LogP contribution in [-0.4, -0.2) is 57.4 Å². The molecule has 1 saturated heterocycles. The number of amides is 3. The number of pyridine rings is 1. The summed E-state index contributed by atoms with van der Waals surface area (Å²) in [6, 6.07) is 9.91. The topological polar surface area (TPSA) is 81.3 Å². The van der Waals surface area contributed by atoms with E-state index in [0.29, 0.717) is 31.2 Å². The molecule has 1 aromatic carbocycles. The minimum atomic E-state index is -0.482. The summed E-state index contributed by atoms with van der Waals surface area (Å²) in [5.41, 5.74) is 2.05. The van der Waals surface area contributed by atoms with Gasteiger partial charge in [-0.05, 0) is 56.2 Å². The number of benzene rings is 1. The average molecular weight is 458 g/mol. The Bertz CT molecular complexity index is 1120. The number of likely N-dealkylation sites (N-methyl/N-ethyl adjacent to an activating group) is 1. The number of aromatic amines is 1. The van der Waals surface area contributed by atoms with Crippen LogP contribution in [0.3, 0.4) is 0 Å². The molecule has 4 rings (SSSR count). The van der Waals surface area contributed by atoms with Gasteiger partial charge in [0.25, 0.3) is 5.91 Å². The van der Waals surface area contributed by atoms with Gasteiger partial charge in [-0.1, -0.05) is 11.6 Å². The molecule has 1 fully saturated rings. The maximum atomic E-state index is 13.1. The average Bonchev–Trinajstić information content (AvgIpc) is 3.20. The maximum Gasteiger partial charge on any atom is 0.318 e. The van der Waals surface area contributed by atoms with Gasteiger partial charge < -0.3 is 20.1 Å². The number of nitrogens with one attached hydrogen (secondary N) is 2. The van der Waals surface area contributed by atoms with E-state index < -0.39 is 5.82 Å². The van der Waals surface area contributed by atoms with Crippen molar-refractivity contribution in [3.63, 3.8) is 0 Å². The number of likely N-dealkylation sites (tertiary alicyclic amines) is 1. The van der Waals surface area contributed by atoms with Crippen LogP contribution in [0.5, 0.6) is 0 Å². The largest absolute Gasteiger partial charge is 0.357 e. The van der Waals surface area contributed by atoms with E-state index in [-0.39, 0.29) is 23.7 Å². The summed E-state index contributed by atoms with van der Waals surface area (Å²) in [6.45, 7) is 3.81. The second-order valence-electron chi connectivity index (χ2n) is 7.88. The molecule has 2 aromatic heterocycles. The van der Waals surface area contributed by atoms with Crippen molar-refractivity contribution in [3.05, 3.63) is 64.8 Å². The fourth-order valence-electron chi connectivity index (χ4n) is 4.16. The van der Waals surface area contributed by atoms with Crippen molar-refractivity contribution in [2.75, 3.05) is 19.6 Å². The number of hydrogen-bond donors (Lipinski definition) is 2. The molecule has 3 aromatic rings. The van der Waals surface area contributed by atoms with Crippen LogP contribution in [0.4, 0.5) is 9.18 Å². The lowest BCUT2D eigenvalue weighted by Gasteiger charge is -2.38. The fourth-order valence-corrected chi connectivity index (χ4v) is 4.34. The number of urea groups is 1. The molecule has 2 N–H and O–H groups in total. The number of hydrogen-bond acceptors (Lipinski definition) is 3. The first-order valence-corrected chi connectivity index (χ1v) is 11.0. The molecule has 1 atom stereocenters. The van der Waals surface area contributed by atoms with Gasteiger partial charge in [0, 0.05) is 41.3 Å².